The van der Waals surface area contributed by atoms with Crippen LogP contribution in [0.2, 0.25) is 5.02 Å². The molecule has 1 aliphatic carbocycles. The minimum atomic E-state index is -0.707. The first-order valence-corrected chi connectivity index (χ1v) is 12.9. The van der Waals surface area contributed by atoms with Crippen LogP contribution in [0.5, 0.6) is 0 Å². The lowest BCUT2D eigenvalue weighted by molar-refractivity contribution is -0.143. The number of amides is 1. The van der Waals surface area contributed by atoms with Crippen LogP contribution in [0.1, 0.15) is 48.1 Å². The van der Waals surface area contributed by atoms with Gasteiger partial charge in [0.2, 0.25) is 5.91 Å². The first-order valence-electron chi connectivity index (χ1n) is 11.6. The van der Waals surface area contributed by atoms with E-state index in [9.17, 15) is 14.7 Å². The van der Waals surface area contributed by atoms with Gasteiger partial charge in [0.05, 0.1) is 10.9 Å². The van der Waals surface area contributed by atoms with Gasteiger partial charge in [-0.2, -0.15) is 0 Å². The van der Waals surface area contributed by atoms with Crippen molar-refractivity contribution in [3.8, 4) is 0 Å². The van der Waals surface area contributed by atoms with E-state index in [-0.39, 0.29) is 29.8 Å². The van der Waals surface area contributed by atoms with E-state index in [0.29, 0.717) is 32.4 Å². The Labute approximate surface area is 202 Å². The number of fused-ring (bicyclic) bond motifs is 3. The second-order valence-corrected chi connectivity index (χ2v) is 10.9. The highest BCUT2D eigenvalue weighted by atomic mass is 35.5. The van der Waals surface area contributed by atoms with E-state index in [2.05, 4.69) is 22.4 Å². The number of hydrogen-bond acceptors (Lipinski definition) is 5. The lowest BCUT2D eigenvalue weighted by Crippen LogP contribution is -2.55. The highest BCUT2D eigenvalue weighted by Gasteiger charge is 2.38. The lowest BCUT2D eigenvalue weighted by atomic mass is 9.80. The van der Waals surface area contributed by atoms with Crippen molar-refractivity contribution in [1.82, 2.24) is 15.2 Å². The number of carbonyl (C=O) groups is 2. The summed E-state index contributed by atoms with van der Waals surface area (Å²) in [5.41, 5.74) is 3.47. The standard InChI is InChI=1S/C25H28ClN3O3S/c26-19-10-20(33-14-19)7-16-8-22-21-5-6-27-11-18(21)12-28-24(22)29(13-16)23(30)9-15-1-3-17(4-2-15)25(31)32/h5-6,8,10-11,14-17,24,28H,1-4,7,9,12-13H2,(H,31,32). The van der Waals surface area contributed by atoms with Gasteiger partial charge in [0.15, 0.2) is 0 Å². The second kappa shape index (κ2) is 9.57. The number of nitrogens with one attached hydrogen (secondary N) is 1. The summed E-state index contributed by atoms with van der Waals surface area (Å²) in [7, 11) is 0. The topological polar surface area (TPSA) is 82.5 Å². The molecule has 174 valence electrons. The summed E-state index contributed by atoms with van der Waals surface area (Å²) >= 11 is 7.81. The number of aliphatic carboxylic acids is 1. The van der Waals surface area contributed by atoms with Gasteiger partial charge in [-0.15, -0.1) is 11.3 Å². The van der Waals surface area contributed by atoms with E-state index in [4.69, 9.17) is 11.6 Å². The summed E-state index contributed by atoms with van der Waals surface area (Å²) in [6, 6.07) is 4.07. The number of nitrogens with zero attached hydrogens (tertiary/aromatic N) is 2. The number of carbonyl (C=O) groups excluding carboxylic acids is 1. The Morgan fingerprint density at radius 1 is 1.27 bits per heavy atom. The molecule has 0 bridgehead atoms. The lowest BCUT2D eigenvalue weighted by Gasteiger charge is -2.43. The predicted octanol–water partition coefficient (Wildman–Crippen LogP) is 4.59. The van der Waals surface area contributed by atoms with Crippen molar-refractivity contribution in [1.29, 1.82) is 0 Å². The fourth-order valence-corrected chi connectivity index (χ4v) is 6.67. The van der Waals surface area contributed by atoms with Gasteiger partial charge in [-0.25, -0.2) is 0 Å². The number of aromatic nitrogens is 1. The summed E-state index contributed by atoms with van der Waals surface area (Å²) < 4.78 is 0. The van der Waals surface area contributed by atoms with Crippen LogP contribution in [-0.4, -0.2) is 39.6 Å². The highest BCUT2D eigenvalue weighted by Crippen LogP contribution is 2.37. The molecule has 33 heavy (non-hydrogen) atoms. The van der Waals surface area contributed by atoms with E-state index in [1.807, 2.05) is 28.7 Å². The SMILES string of the molecule is O=C(O)C1CCC(CC(=O)N2CC(Cc3cc(Cl)cs3)C=C3c4ccncc4CNC32)CC1. The molecule has 2 unspecified atom stereocenters. The Morgan fingerprint density at radius 3 is 2.82 bits per heavy atom. The fourth-order valence-electron chi connectivity index (χ4n) is 5.50. The molecule has 1 amide bonds. The molecule has 3 aliphatic rings. The van der Waals surface area contributed by atoms with Crippen molar-refractivity contribution in [3.63, 3.8) is 0 Å². The zero-order valence-corrected chi connectivity index (χ0v) is 19.9. The van der Waals surface area contributed by atoms with Crippen molar-refractivity contribution >= 4 is 40.4 Å². The number of pyridine rings is 1. The Morgan fingerprint density at radius 2 is 2.09 bits per heavy atom. The zero-order chi connectivity index (χ0) is 22.9. The number of rotatable bonds is 5. The number of hydrogen-bond donors (Lipinski definition) is 2. The average molecular weight is 486 g/mol. The van der Waals surface area contributed by atoms with Crippen molar-refractivity contribution < 1.29 is 14.7 Å². The summed E-state index contributed by atoms with van der Waals surface area (Å²) in [6.07, 6.45) is 10.2. The Bertz CT molecular complexity index is 1080. The highest BCUT2D eigenvalue weighted by molar-refractivity contribution is 7.10. The van der Waals surface area contributed by atoms with Crippen molar-refractivity contribution in [3.05, 3.63) is 57.0 Å². The molecule has 1 saturated carbocycles. The van der Waals surface area contributed by atoms with E-state index < -0.39 is 5.97 Å². The van der Waals surface area contributed by atoms with Crippen LogP contribution < -0.4 is 5.32 Å². The molecule has 2 aliphatic heterocycles. The maximum Gasteiger partial charge on any atom is 0.306 e. The van der Waals surface area contributed by atoms with Crippen molar-refractivity contribution in [2.45, 2.75) is 51.2 Å². The minimum absolute atomic E-state index is 0.133. The van der Waals surface area contributed by atoms with Gasteiger partial charge >= 0.3 is 5.97 Å². The molecule has 2 N–H and O–H groups in total. The van der Waals surface area contributed by atoms with Gasteiger partial charge in [0.1, 0.15) is 6.17 Å². The van der Waals surface area contributed by atoms with E-state index >= 15 is 0 Å². The fraction of sp³-hybridized carbons (Fsp3) is 0.480. The van der Waals surface area contributed by atoms with E-state index in [1.165, 1.54) is 10.4 Å². The molecule has 0 aromatic carbocycles. The molecule has 4 heterocycles. The van der Waals surface area contributed by atoms with E-state index in [1.54, 1.807) is 11.3 Å². The molecule has 0 radical (unpaired) electrons. The van der Waals surface area contributed by atoms with Crippen LogP contribution in [0, 0.1) is 17.8 Å². The first-order chi connectivity index (χ1) is 16.0. The first kappa shape index (κ1) is 22.6. The van der Waals surface area contributed by atoms with Crippen molar-refractivity contribution in [2.75, 3.05) is 6.54 Å². The smallest absolute Gasteiger partial charge is 0.306 e. The molecule has 8 heteroatoms. The Balaban J connectivity index is 1.36. The summed E-state index contributed by atoms with van der Waals surface area (Å²) in [6.45, 7) is 1.35. The van der Waals surface area contributed by atoms with Gasteiger partial charge < -0.3 is 10.0 Å². The zero-order valence-electron chi connectivity index (χ0n) is 18.4. The maximum absolute atomic E-state index is 13.6. The van der Waals surface area contributed by atoms with Crippen molar-refractivity contribution in [2.24, 2.45) is 17.8 Å². The number of carboxylic acid groups (broad SMARTS) is 1. The van der Waals surface area contributed by atoms with Crippen LogP contribution in [-0.2, 0) is 22.6 Å². The van der Waals surface area contributed by atoms with Gasteiger partial charge in [-0.3, -0.25) is 19.9 Å². The maximum atomic E-state index is 13.6. The Hall–Kier alpha value is -2.22. The predicted molar refractivity (Wildman–Crippen MR) is 129 cm³/mol. The van der Waals surface area contributed by atoms with Gasteiger partial charge in [-0.05, 0) is 66.9 Å². The minimum Gasteiger partial charge on any atom is -0.481 e. The third-order valence-electron chi connectivity index (χ3n) is 7.22. The number of carboxylic acids is 1. The molecular weight excluding hydrogens is 458 g/mol. The molecule has 0 spiro atoms. The normalized spacial score (nSPS) is 26.8. The van der Waals surface area contributed by atoms with Gasteiger partial charge in [-0.1, -0.05) is 17.7 Å². The number of halogens is 1. The molecule has 6 nitrogen and oxygen atoms in total. The van der Waals surface area contributed by atoms with Crippen LogP contribution in [0.25, 0.3) is 5.57 Å². The van der Waals surface area contributed by atoms with E-state index in [0.717, 1.165) is 35.4 Å². The molecule has 2 aromatic rings. The summed E-state index contributed by atoms with van der Waals surface area (Å²) in [4.78, 5) is 32.3. The third-order valence-corrected chi connectivity index (χ3v) is 8.52. The Kier molecular flexibility index (Phi) is 6.54. The second-order valence-electron chi connectivity index (χ2n) is 9.44. The number of thiophene rings is 1. The van der Waals surface area contributed by atoms with Crippen LogP contribution in [0.15, 0.2) is 36.0 Å². The molecule has 5 rings (SSSR count). The summed E-state index contributed by atoms with van der Waals surface area (Å²) in [5.74, 6) is -0.339. The molecular formula is C25H28ClN3O3S. The quantitative estimate of drug-likeness (QED) is 0.647. The molecule has 2 atom stereocenters. The summed E-state index contributed by atoms with van der Waals surface area (Å²) in [5, 5.41) is 15.5. The average Bonchev–Trinajstić information content (AvgIpc) is 3.23. The molecule has 0 saturated heterocycles. The largest absolute Gasteiger partial charge is 0.481 e. The molecule has 1 fully saturated rings. The van der Waals surface area contributed by atoms with Crippen LogP contribution >= 0.6 is 22.9 Å². The van der Waals surface area contributed by atoms with Crippen LogP contribution in [0.4, 0.5) is 0 Å². The van der Waals surface area contributed by atoms with Crippen LogP contribution in [0.3, 0.4) is 0 Å². The molecule has 2 aromatic heterocycles. The van der Waals surface area contributed by atoms with Gasteiger partial charge in [0.25, 0.3) is 0 Å². The third kappa shape index (κ3) is 4.86. The van der Waals surface area contributed by atoms with Gasteiger partial charge in [0, 0.05) is 48.1 Å². The monoisotopic (exact) mass is 485 g/mol.